The van der Waals surface area contributed by atoms with E-state index >= 15 is 0 Å². The predicted molar refractivity (Wildman–Crippen MR) is 105 cm³/mol. The van der Waals surface area contributed by atoms with E-state index in [0.717, 1.165) is 17.7 Å². The average molecular weight is 384 g/mol. The van der Waals surface area contributed by atoms with Crippen LogP contribution >= 0.6 is 11.8 Å². The van der Waals surface area contributed by atoms with Crippen molar-refractivity contribution in [3.8, 4) is 17.1 Å². The van der Waals surface area contributed by atoms with E-state index in [1.165, 1.54) is 23.9 Å². The van der Waals surface area contributed by atoms with E-state index in [0.29, 0.717) is 11.0 Å². The first kappa shape index (κ1) is 19.1. The summed E-state index contributed by atoms with van der Waals surface area (Å²) in [4.78, 5) is 12.1. The first-order valence-electron chi connectivity index (χ1n) is 8.77. The molecule has 1 amide bonds. The van der Waals surface area contributed by atoms with E-state index in [1.807, 2.05) is 48.7 Å². The molecule has 2 aromatic carbocycles. The fourth-order valence-corrected chi connectivity index (χ4v) is 3.27. The summed E-state index contributed by atoms with van der Waals surface area (Å²) in [5.41, 5.74) is 1.63. The molecule has 1 N–H and O–H groups in total. The van der Waals surface area contributed by atoms with Gasteiger partial charge in [0.15, 0.2) is 11.0 Å². The lowest BCUT2D eigenvalue weighted by atomic mass is 10.2. The maximum atomic E-state index is 13.3. The third-order valence-corrected chi connectivity index (χ3v) is 5.03. The van der Waals surface area contributed by atoms with Crippen molar-refractivity contribution in [2.75, 3.05) is 5.75 Å². The molecule has 1 heterocycles. The third kappa shape index (κ3) is 4.74. The lowest BCUT2D eigenvalue weighted by molar-refractivity contribution is -0.119. The second-order valence-corrected chi connectivity index (χ2v) is 7.09. The van der Waals surface area contributed by atoms with Crippen molar-refractivity contribution in [2.45, 2.75) is 31.5 Å². The highest BCUT2D eigenvalue weighted by molar-refractivity contribution is 7.99. The molecule has 0 spiro atoms. The molecule has 3 aromatic rings. The number of hydrogen-bond donors (Lipinski definition) is 1. The minimum atomic E-state index is -0.305. The topological polar surface area (TPSA) is 59.8 Å². The number of rotatable bonds is 7. The van der Waals surface area contributed by atoms with Gasteiger partial charge < -0.3 is 5.32 Å². The number of aromatic nitrogens is 3. The van der Waals surface area contributed by atoms with Crippen LogP contribution in [0.3, 0.4) is 0 Å². The highest BCUT2D eigenvalue weighted by Gasteiger charge is 2.17. The number of amides is 1. The Morgan fingerprint density at radius 2 is 1.85 bits per heavy atom. The van der Waals surface area contributed by atoms with Crippen molar-refractivity contribution in [3.63, 3.8) is 0 Å². The van der Waals surface area contributed by atoms with Gasteiger partial charge in [-0.1, -0.05) is 36.9 Å². The maximum Gasteiger partial charge on any atom is 0.230 e. The van der Waals surface area contributed by atoms with Crippen molar-refractivity contribution in [1.82, 2.24) is 20.1 Å². The van der Waals surface area contributed by atoms with Crippen molar-refractivity contribution in [3.05, 3.63) is 60.4 Å². The number of thioether (sulfide) groups is 1. The summed E-state index contributed by atoms with van der Waals surface area (Å²) in [5.74, 6) is 0.505. The molecule has 0 saturated carbocycles. The lowest BCUT2D eigenvalue weighted by Gasteiger charge is -2.12. The zero-order valence-electron chi connectivity index (χ0n) is 15.2. The zero-order chi connectivity index (χ0) is 19.2. The molecule has 0 fully saturated rings. The summed E-state index contributed by atoms with van der Waals surface area (Å²) in [6, 6.07) is 15.9. The van der Waals surface area contributed by atoms with E-state index in [4.69, 9.17) is 0 Å². The Morgan fingerprint density at radius 3 is 2.52 bits per heavy atom. The molecule has 1 unspecified atom stereocenters. The Kier molecular flexibility index (Phi) is 6.24. The monoisotopic (exact) mass is 384 g/mol. The van der Waals surface area contributed by atoms with E-state index < -0.39 is 0 Å². The number of carbonyl (C=O) groups is 1. The minimum Gasteiger partial charge on any atom is -0.353 e. The second kappa shape index (κ2) is 8.81. The Balaban J connectivity index is 1.90. The summed E-state index contributed by atoms with van der Waals surface area (Å²) in [6.07, 6.45) is 0.880. The van der Waals surface area contributed by atoms with Crippen LogP contribution in [0.15, 0.2) is 59.8 Å². The van der Waals surface area contributed by atoms with E-state index in [9.17, 15) is 9.18 Å². The first-order valence-corrected chi connectivity index (χ1v) is 9.76. The second-order valence-electron chi connectivity index (χ2n) is 6.15. The van der Waals surface area contributed by atoms with Gasteiger partial charge in [0.25, 0.3) is 0 Å². The summed E-state index contributed by atoms with van der Waals surface area (Å²) >= 11 is 1.32. The van der Waals surface area contributed by atoms with Crippen LogP contribution in [0.2, 0.25) is 0 Å². The van der Waals surface area contributed by atoms with Crippen LogP contribution in [0.5, 0.6) is 0 Å². The van der Waals surface area contributed by atoms with Crippen molar-refractivity contribution < 1.29 is 9.18 Å². The zero-order valence-corrected chi connectivity index (χ0v) is 16.0. The molecule has 0 bridgehead atoms. The van der Waals surface area contributed by atoms with Crippen LogP contribution < -0.4 is 5.32 Å². The van der Waals surface area contributed by atoms with Gasteiger partial charge >= 0.3 is 0 Å². The van der Waals surface area contributed by atoms with E-state index in [-0.39, 0.29) is 23.5 Å². The SMILES string of the molecule is CCC(C)NC(=O)CSc1nnc(-c2ccc(F)cc2)n1-c1ccccc1. The third-order valence-electron chi connectivity index (χ3n) is 4.10. The first-order chi connectivity index (χ1) is 13.1. The Labute approximate surface area is 162 Å². The predicted octanol–water partition coefficient (Wildman–Crippen LogP) is 4.08. The fourth-order valence-electron chi connectivity index (χ4n) is 2.51. The molecule has 5 nitrogen and oxygen atoms in total. The van der Waals surface area contributed by atoms with Crippen LogP contribution in [0.1, 0.15) is 20.3 Å². The van der Waals surface area contributed by atoms with E-state index in [1.54, 1.807) is 12.1 Å². The number of hydrogen-bond acceptors (Lipinski definition) is 4. The van der Waals surface area contributed by atoms with Gasteiger partial charge in [-0.2, -0.15) is 0 Å². The molecule has 0 aliphatic heterocycles. The number of nitrogens with one attached hydrogen (secondary N) is 1. The highest BCUT2D eigenvalue weighted by atomic mass is 32.2. The van der Waals surface area contributed by atoms with Crippen LogP contribution in [0.25, 0.3) is 17.1 Å². The molecular weight excluding hydrogens is 363 g/mol. The van der Waals surface area contributed by atoms with Crippen LogP contribution in [0, 0.1) is 5.82 Å². The molecule has 0 radical (unpaired) electrons. The molecule has 140 valence electrons. The van der Waals surface area contributed by atoms with Gasteiger partial charge in [-0.15, -0.1) is 10.2 Å². The van der Waals surface area contributed by atoms with Crippen LogP contribution in [0.4, 0.5) is 4.39 Å². The van der Waals surface area contributed by atoms with Gasteiger partial charge in [0.2, 0.25) is 5.91 Å². The summed E-state index contributed by atoms with van der Waals surface area (Å²) in [7, 11) is 0. The van der Waals surface area contributed by atoms with Gasteiger partial charge in [-0.25, -0.2) is 4.39 Å². The molecule has 0 aliphatic carbocycles. The van der Waals surface area contributed by atoms with Crippen molar-refractivity contribution in [1.29, 1.82) is 0 Å². The standard InChI is InChI=1S/C20H21FN4OS/c1-3-14(2)22-18(26)13-27-20-24-23-19(15-9-11-16(21)12-10-15)25(20)17-7-5-4-6-8-17/h4-12,14H,3,13H2,1-2H3,(H,22,26). The van der Waals surface area contributed by atoms with Crippen molar-refractivity contribution >= 4 is 17.7 Å². The number of carbonyl (C=O) groups excluding carboxylic acids is 1. The van der Waals surface area contributed by atoms with Gasteiger partial charge in [0, 0.05) is 17.3 Å². The Hall–Kier alpha value is -2.67. The highest BCUT2D eigenvalue weighted by Crippen LogP contribution is 2.28. The molecule has 7 heteroatoms. The van der Waals surface area contributed by atoms with Gasteiger partial charge in [0.1, 0.15) is 5.82 Å². The summed E-state index contributed by atoms with van der Waals surface area (Å²) in [6.45, 7) is 4.00. The summed E-state index contributed by atoms with van der Waals surface area (Å²) < 4.78 is 15.2. The molecule has 1 atom stereocenters. The smallest absolute Gasteiger partial charge is 0.230 e. The average Bonchev–Trinajstić information content (AvgIpc) is 3.11. The van der Waals surface area contributed by atoms with Gasteiger partial charge in [0.05, 0.1) is 5.75 Å². The van der Waals surface area contributed by atoms with Crippen LogP contribution in [-0.2, 0) is 4.79 Å². The lowest BCUT2D eigenvalue weighted by Crippen LogP contribution is -2.33. The van der Waals surface area contributed by atoms with Gasteiger partial charge in [-0.3, -0.25) is 9.36 Å². The molecule has 0 aliphatic rings. The number of halogens is 1. The molecule has 27 heavy (non-hydrogen) atoms. The van der Waals surface area contributed by atoms with E-state index in [2.05, 4.69) is 15.5 Å². The fraction of sp³-hybridized carbons (Fsp3) is 0.250. The quantitative estimate of drug-likeness (QED) is 0.624. The largest absolute Gasteiger partial charge is 0.353 e. The number of benzene rings is 2. The Morgan fingerprint density at radius 1 is 1.15 bits per heavy atom. The maximum absolute atomic E-state index is 13.3. The minimum absolute atomic E-state index is 0.0414. The molecule has 3 rings (SSSR count). The summed E-state index contributed by atoms with van der Waals surface area (Å²) in [5, 5.41) is 12.1. The normalized spacial score (nSPS) is 12.0. The van der Waals surface area contributed by atoms with Gasteiger partial charge in [-0.05, 0) is 49.7 Å². The number of nitrogens with zero attached hydrogens (tertiary/aromatic N) is 3. The molecule has 1 aromatic heterocycles. The molecular formula is C20H21FN4OS. The van der Waals surface area contributed by atoms with Crippen molar-refractivity contribution in [2.24, 2.45) is 0 Å². The molecule has 0 saturated heterocycles. The van der Waals surface area contributed by atoms with Crippen LogP contribution in [-0.4, -0.2) is 32.5 Å². The Bertz CT molecular complexity index is 896. The number of para-hydroxylation sites is 1.